The summed E-state index contributed by atoms with van der Waals surface area (Å²) in [7, 11) is 0. The van der Waals surface area contributed by atoms with Gasteiger partial charge in [-0.3, -0.25) is 4.98 Å². The van der Waals surface area contributed by atoms with Crippen LogP contribution in [0.1, 0.15) is 17.5 Å². The number of hydrogen-bond acceptors (Lipinski definition) is 2. The van der Waals surface area contributed by atoms with E-state index >= 15 is 0 Å². The van der Waals surface area contributed by atoms with Crippen LogP contribution in [0.2, 0.25) is 0 Å². The van der Waals surface area contributed by atoms with Gasteiger partial charge >= 0.3 is 0 Å². The molecule has 1 unspecified atom stereocenters. The van der Waals surface area contributed by atoms with E-state index in [1.54, 1.807) is 0 Å². The van der Waals surface area contributed by atoms with Gasteiger partial charge in [-0.1, -0.05) is 30.3 Å². The second-order valence-corrected chi connectivity index (χ2v) is 4.34. The van der Waals surface area contributed by atoms with E-state index in [1.165, 1.54) is 11.1 Å². The number of rotatable bonds is 5. The highest BCUT2D eigenvalue weighted by Crippen LogP contribution is 2.07. The third kappa shape index (κ3) is 4.00. The Hall–Kier alpha value is -1.67. The van der Waals surface area contributed by atoms with Gasteiger partial charge in [0.2, 0.25) is 0 Å². The minimum Gasteiger partial charge on any atom is -0.327 e. The lowest BCUT2D eigenvalue weighted by Gasteiger charge is -2.11. The van der Waals surface area contributed by atoms with Gasteiger partial charge in [0, 0.05) is 18.4 Å². The van der Waals surface area contributed by atoms with Gasteiger partial charge in [0.25, 0.3) is 0 Å². The molecule has 0 aliphatic heterocycles. The van der Waals surface area contributed by atoms with Crippen molar-refractivity contribution < 1.29 is 0 Å². The molecular formula is C15H18N2. The maximum atomic E-state index is 6.14. The van der Waals surface area contributed by atoms with Gasteiger partial charge < -0.3 is 5.73 Å². The molecule has 2 N–H and O–H groups in total. The monoisotopic (exact) mass is 226 g/mol. The topological polar surface area (TPSA) is 38.9 Å². The molecule has 0 radical (unpaired) electrons. The normalized spacial score (nSPS) is 12.3. The molecule has 0 bridgehead atoms. The summed E-state index contributed by atoms with van der Waals surface area (Å²) >= 11 is 0. The number of benzene rings is 1. The molecule has 0 amide bonds. The van der Waals surface area contributed by atoms with Crippen LogP contribution >= 0.6 is 0 Å². The summed E-state index contributed by atoms with van der Waals surface area (Å²) in [5.74, 6) is 0. The maximum absolute atomic E-state index is 6.14. The minimum atomic E-state index is 0.227. The van der Waals surface area contributed by atoms with Crippen LogP contribution in [0.4, 0.5) is 0 Å². The van der Waals surface area contributed by atoms with Gasteiger partial charge in [-0.05, 0) is 42.5 Å². The Kier molecular flexibility index (Phi) is 4.28. The fraction of sp³-hybridized carbons (Fsp3) is 0.267. The molecule has 2 nitrogen and oxygen atoms in total. The Morgan fingerprint density at radius 1 is 0.941 bits per heavy atom. The number of nitrogens with two attached hydrogens (primary N) is 1. The second-order valence-electron chi connectivity index (χ2n) is 4.34. The SMILES string of the molecule is NC(CCc1ccncc1)Cc1ccccc1. The number of aromatic nitrogens is 1. The molecule has 0 saturated carbocycles. The van der Waals surface area contributed by atoms with E-state index in [1.807, 2.05) is 18.5 Å². The van der Waals surface area contributed by atoms with E-state index in [0.717, 1.165) is 19.3 Å². The van der Waals surface area contributed by atoms with E-state index in [-0.39, 0.29) is 6.04 Å². The van der Waals surface area contributed by atoms with Crippen molar-refractivity contribution in [2.24, 2.45) is 5.73 Å². The Bertz CT molecular complexity index is 425. The summed E-state index contributed by atoms with van der Waals surface area (Å²) < 4.78 is 0. The van der Waals surface area contributed by atoms with Crippen molar-refractivity contribution in [3.63, 3.8) is 0 Å². The molecule has 2 aromatic rings. The Morgan fingerprint density at radius 2 is 1.65 bits per heavy atom. The van der Waals surface area contributed by atoms with Crippen molar-refractivity contribution in [2.75, 3.05) is 0 Å². The van der Waals surface area contributed by atoms with Crippen LogP contribution in [0.3, 0.4) is 0 Å². The van der Waals surface area contributed by atoms with Crippen LogP contribution in [0.25, 0.3) is 0 Å². The van der Waals surface area contributed by atoms with Crippen LogP contribution in [0.15, 0.2) is 54.9 Å². The first kappa shape index (κ1) is 11.8. The molecular weight excluding hydrogens is 208 g/mol. The highest BCUT2D eigenvalue weighted by Gasteiger charge is 2.04. The van der Waals surface area contributed by atoms with Gasteiger partial charge in [-0.25, -0.2) is 0 Å². The second kappa shape index (κ2) is 6.16. The largest absolute Gasteiger partial charge is 0.327 e. The van der Waals surface area contributed by atoms with Crippen molar-refractivity contribution in [3.8, 4) is 0 Å². The first-order valence-corrected chi connectivity index (χ1v) is 6.03. The number of aryl methyl sites for hydroxylation is 1. The minimum absolute atomic E-state index is 0.227. The average molecular weight is 226 g/mol. The molecule has 1 aromatic carbocycles. The summed E-state index contributed by atoms with van der Waals surface area (Å²) in [5.41, 5.74) is 8.76. The standard InChI is InChI=1S/C15H18N2/c16-15(12-14-4-2-1-3-5-14)7-6-13-8-10-17-11-9-13/h1-5,8-11,15H,6-7,12,16H2. The third-order valence-corrected chi connectivity index (χ3v) is 2.89. The molecule has 1 aromatic heterocycles. The maximum Gasteiger partial charge on any atom is 0.0270 e. The fourth-order valence-electron chi connectivity index (χ4n) is 1.92. The molecule has 0 saturated heterocycles. The van der Waals surface area contributed by atoms with Crippen molar-refractivity contribution >= 4 is 0 Å². The van der Waals surface area contributed by atoms with Crippen LogP contribution in [-0.4, -0.2) is 11.0 Å². The Labute approximate surface area is 103 Å². The van der Waals surface area contributed by atoms with Crippen LogP contribution < -0.4 is 5.73 Å². The van der Waals surface area contributed by atoms with E-state index in [4.69, 9.17) is 5.73 Å². The molecule has 1 heterocycles. The summed E-state index contributed by atoms with van der Waals surface area (Å²) in [4.78, 5) is 4.01. The lowest BCUT2D eigenvalue weighted by molar-refractivity contribution is 0.610. The molecule has 88 valence electrons. The predicted molar refractivity (Wildman–Crippen MR) is 70.7 cm³/mol. The molecule has 17 heavy (non-hydrogen) atoms. The number of pyridine rings is 1. The van der Waals surface area contributed by atoms with Crippen LogP contribution in [-0.2, 0) is 12.8 Å². The predicted octanol–water partition coefficient (Wildman–Crippen LogP) is 2.58. The fourth-order valence-corrected chi connectivity index (χ4v) is 1.92. The van der Waals surface area contributed by atoms with E-state index in [9.17, 15) is 0 Å². The van der Waals surface area contributed by atoms with Crippen LogP contribution in [0.5, 0.6) is 0 Å². The van der Waals surface area contributed by atoms with Crippen molar-refractivity contribution in [1.29, 1.82) is 0 Å². The first-order valence-electron chi connectivity index (χ1n) is 6.03. The zero-order valence-electron chi connectivity index (χ0n) is 9.92. The van der Waals surface area contributed by atoms with E-state index < -0.39 is 0 Å². The average Bonchev–Trinajstić information content (AvgIpc) is 2.39. The van der Waals surface area contributed by atoms with Gasteiger partial charge in [-0.15, -0.1) is 0 Å². The van der Waals surface area contributed by atoms with Crippen molar-refractivity contribution in [1.82, 2.24) is 4.98 Å². The molecule has 0 spiro atoms. The zero-order chi connectivity index (χ0) is 11.9. The molecule has 0 aliphatic rings. The zero-order valence-corrected chi connectivity index (χ0v) is 9.92. The summed E-state index contributed by atoms with van der Waals surface area (Å²) in [5, 5.41) is 0. The van der Waals surface area contributed by atoms with Crippen LogP contribution in [0, 0.1) is 0 Å². The summed E-state index contributed by atoms with van der Waals surface area (Å²) in [6.45, 7) is 0. The van der Waals surface area contributed by atoms with Gasteiger partial charge in [-0.2, -0.15) is 0 Å². The number of hydrogen-bond donors (Lipinski definition) is 1. The lowest BCUT2D eigenvalue weighted by atomic mass is 10.0. The van der Waals surface area contributed by atoms with E-state index in [2.05, 4.69) is 41.4 Å². The molecule has 2 rings (SSSR count). The highest BCUT2D eigenvalue weighted by molar-refractivity contribution is 5.16. The van der Waals surface area contributed by atoms with Crippen molar-refractivity contribution in [2.45, 2.75) is 25.3 Å². The summed E-state index contributed by atoms with van der Waals surface area (Å²) in [6.07, 6.45) is 6.65. The molecule has 1 atom stereocenters. The quantitative estimate of drug-likeness (QED) is 0.851. The number of nitrogens with zero attached hydrogens (tertiary/aromatic N) is 1. The lowest BCUT2D eigenvalue weighted by Crippen LogP contribution is -2.23. The summed E-state index contributed by atoms with van der Waals surface area (Å²) in [6, 6.07) is 14.7. The molecule has 2 heteroatoms. The third-order valence-electron chi connectivity index (χ3n) is 2.89. The highest BCUT2D eigenvalue weighted by atomic mass is 14.6. The van der Waals surface area contributed by atoms with E-state index in [0.29, 0.717) is 0 Å². The Morgan fingerprint density at radius 3 is 2.35 bits per heavy atom. The molecule has 0 fully saturated rings. The van der Waals surface area contributed by atoms with Gasteiger partial charge in [0.15, 0.2) is 0 Å². The van der Waals surface area contributed by atoms with Gasteiger partial charge in [0.1, 0.15) is 0 Å². The molecule has 0 aliphatic carbocycles. The van der Waals surface area contributed by atoms with Crippen molar-refractivity contribution in [3.05, 3.63) is 66.0 Å². The Balaban J connectivity index is 1.80. The smallest absolute Gasteiger partial charge is 0.0270 e. The van der Waals surface area contributed by atoms with Gasteiger partial charge in [0.05, 0.1) is 0 Å². The first-order chi connectivity index (χ1) is 8.34.